The molecular weight excluding hydrogens is 502 g/mol. The normalized spacial score (nSPS) is 25.5. The minimum absolute atomic E-state index is 0.0331. The first-order valence-corrected chi connectivity index (χ1v) is 13.5. The fraction of sp³-hybridized carbons (Fsp3) is 0.607. The second-order valence-electron chi connectivity index (χ2n) is 11.1. The van der Waals surface area contributed by atoms with Gasteiger partial charge >= 0.3 is 0 Å². The Morgan fingerprint density at radius 1 is 0.974 bits per heavy atom. The third-order valence-electron chi connectivity index (χ3n) is 6.78. The second kappa shape index (κ2) is 13.5. The third-order valence-corrected chi connectivity index (χ3v) is 6.78. The molecule has 2 bridgehead atoms. The molecule has 0 saturated carbocycles. The smallest absolute Gasteiger partial charge is 0.251 e. The van der Waals surface area contributed by atoms with E-state index in [1.54, 1.807) is 18.7 Å². The molecule has 4 atom stereocenters. The van der Waals surface area contributed by atoms with Gasteiger partial charge in [0.05, 0.1) is 19.2 Å². The van der Waals surface area contributed by atoms with Crippen molar-refractivity contribution in [3.8, 4) is 0 Å². The summed E-state index contributed by atoms with van der Waals surface area (Å²) >= 11 is 0. The molecule has 11 heteroatoms. The highest BCUT2D eigenvalue weighted by atomic mass is 16.5. The van der Waals surface area contributed by atoms with Gasteiger partial charge in [0.2, 0.25) is 23.6 Å². The molecule has 0 aliphatic carbocycles. The predicted molar refractivity (Wildman–Crippen MR) is 144 cm³/mol. The molecule has 214 valence electrons. The SMILES string of the molecule is CC(C)C[C@@H]1NC(=O)CN(C)C(=O)[C@@H](Cc2ccccc2)NC(=O)[C@H]2CN(C(=O)C(C)C)C[C@@H](CNC1=O)O2. The van der Waals surface area contributed by atoms with Crippen molar-refractivity contribution in [2.24, 2.45) is 11.8 Å². The van der Waals surface area contributed by atoms with Gasteiger partial charge in [0.15, 0.2) is 6.10 Å². The van der Waals surface area contributed by atoms with E-state index < -0.39 is 42.0 Å². The van der Waals surface area contributed by atoms with E-state index in [-0.39, 0.29) is 56.3 Å². The van der Waals surface area contributed by atoms with Crippen LogP contribution >= 0.6 is 0 Å². The molecule has 0 aromatic heterocycles. The number of hydrogen-bond acceptors (Lipinski definition) is 6. The van der Waals surface area contributed by atoms with Crippen LogP contribution in [0.1, 0.15) is 39.7 Å². The molecule has 2 saturated heterocycles. The number of morpholine rings is 1. The minimum Gasteiger partial charge on any atom is -0.360 e. The zero-order valence-electron chi connectivity index (χ0n) is 23.4. The number of nitrogens with zero attached hydrogens (tertiary/aromatic N) is 2. The van der Waals surface area contributed by atoms with E-state index in [1.807, 2.05) is 44.2 Å². The van der Waals surface area contributed by atoms with E-state index in [4.69, 9.17) is 4.74 Å². The Morgan fingerprint density at radius 3 is 2.31 bits per heavy atom. The van der Waals surface area contributed by atoms with Crippen molar-refractivity contribution in [2.75, 3.05) is 33.2 Å². The molecule has 3 rings (SSSR count). The maximum absolute atomic E-state index is 13.5. The highest BCUT2D eigenvalue weighted by Gasteiger charge is 2.38. The standard InChI is InChI=1S/C28H41N5O6/c1-17(2)11-21-25(35)29-13-20-14-33(27(37)18(3)4)15-23(39-20)26(36)31-22(12-19-9-7-6-8-10-19)28(38)32(5)16-24(34)30-21/h6-10,17-18,20-23H,11-16H2,1-5H3,(H,29,35)(H,30,34)(H,31,36)/t20-,21+,22-,23-/m1/s1. The Hall–Kier alpha value is -3.47. The quantitative estimate of drug-likeness (QED) is 0.481. The molecular formula is C28H41N5O6. The molecule has 2 fully saturated rings. The number of amides is 5. The molecule has 1 aromatic carbocycles. The van der Waals surface area contributed by atoms with Gasteiger partial charge < -0.3 is 30.5 Å². The van der Waals surface area contributed by atoms with Gasteiger partial charge in [-0.15, -0.1) is 0 Å². The number of rotatable bonds is 5. The van der Waals surface area contributed by atoms with Crippen molar-refractivity contribution >= 4 is 29.5 Å². The molecule has 3 N–H and O–H groups in total. The first-order valence-electron chi connectivity index (χ1n) is 13.5. The number of hydrogen-bond donors (Lipinski definition) is 3. The molecule has 11 nitrogen and oxygen atoms in total. The lowest BCUT2D eigenvalue weighted by Crippen LogP contribution is -2.60. The van der Waals surface area contributed by atoms with Gasteiger partial charge in [0, 0.05) is 32.5 Å². The van der Waals surface area contributed by atoms with Gasteiger partial charge in [-0.1, -0.05) is 58.0 Å². The summed E-state index contributed by atoms with van der Waals surface area (Å²) in [6, 6.07) is 7.47. The Bertz CT molecular complexity index is 1050. The fourth-order valence-corrected chi connectivity index (χ4v) is 4.80. The van der Waals surface area contributed by atoms with Crippen LogP contribution in [0.25, 0.3) is 0 Å². The summed E-state index contributed by atoms with van der Waals surface area (Å²) in [6.45, 7) is 7.47. The highest BCUT2D eigenvalue weighted by Crippen LogP contribution is 2.16. The lowest BCUT2D eigenvalue weighted by atomic mass is 10.0. The van der Waals surface area contributed by atoms with Crippen LogP contribution in [0.4, 0.5) is 0 Å². The van der Waals surface area contributed by atoms with Crippen LogP contribution in [-0.4, -0.2) is 96.9 Å². The van der Waals surface area contributed by atoms with Crippen molar-refractivity contribution in [1.82, 2.24) is 25.8 Å². The van der Waals surface area contributed by atoms with E-state index >= 15 is 0 Å². The van der Waals surface area contributed by atoms with Crippen molar-refractivity contribution in [1.29, 1.82) is 0 Å². The molecule has 5 amide bonds. The first kappa shape index (κ1) is 30.1. The van der Waals surface area contributed by atoms with E-state index in [2.05, 4.69) is 16.0 Å². The molecule has 39 heavy (non-hydrogen) atoms. The van der Waals surface area contributed by atoms with Gasteiger partial charge in [-0.3, -0.25) is 24.0 Å². The Morgan fingerprint density at radius 2 is 1.67 bits per heavy atom. The number of carbonyl (C=O) groups excluding carboxylic acids is 5. The average molecular weight is 544 g/mol. The summed E-state index contributed by atoms with van der Waals surface area (Å²) in [6.07, 6.45) is -1.07. The van der Waals surface area contributed by atoms with Crippen LogP contribution in [0.15, 0.2) is 30.3 Å². The predicted octanol–water partition coefficient (Wildman–Crippen LogP) is 0.0850. The van der Waals surface area contributed by atoms with Crippen molar-refractivity contribution < 1.29 is 28.7 Å². The summed E-state index contributed by atoms with van der Waals surface area (Å²) in [5.41, 5.74) is 0.831. The zero-order valence-corrected chi connectivity index (χ0v) is 23.4. The van der Waals surface area contributed by atoms with Crippen molar-refractivity contribution in [3.63, 3.8) is 0 Å². The molecule has 2 heterocycles. The lowest BCUT2D eigenvalue weighted by Gasteiger charge is -2.38. The first-order chi connectivity index (χ1) is 18.4. The van der Waals surface area contributed by atoms with Crippen LogP contribution in [0.2, 0.25) is 0 Å². The Kier molecular flexibility index (Phi) is 10.4. The van der Waals surface area contributed by atoms with E-state index in [0.29, 0.717) is 6.42 Å². The number of likely N-dealkylation sites (N-methyl/N-ethyl adjacent to an activating group) is 1. The zero-order chi connectivity index (χ0) is 28.7. The summed E-state index contributed by atoms with van der Waals surface area (Å²) in [5, 5.41) is 8.38. The molecule has 1 aromatic rings. The number of carbonyl (C=O) groups is 5. The maximum Gasteiger partial charge on any atom is 0.251 e. The van der Waals surface area contributed by atoms with E-state index in [1.165, 1.54) is 11.9 Å². The van der Waals surface area contributed by atoms with Crippen molar-refractivity contribution in [3.05, 3.63) is 35.9 Å². The summed E-state index contributed by atoms with van der Waals surface area (Å²) in [5.74, 6) is -2.16. The molecule has 0 unspecified atom stereocenters. The lowest BCUT2D eigenvalue weighted by molar-refractivity contribution is -0.159. The monoisotopic (exact) mass is 543 g/mol. The van der Waals surface area contributed by atoms with Crippen LogP contribution in [0.5, 0.6) is 0 Å². The summed E-state index contributed by atoms with van der Waals surface area (Å²) in [7, 11) is 1.48. The van der Waals surface area contributed by atoms with E-state index in [9.17, 15) is 24.0 Å². The highest BCUT2D eigenvalue weighted by molar-refractivity contribution is 5.93. The van der Waals surface area contributed by atoms with Gasteiger partial charge in [-0.05, 0) is 17.9 Å². The van der Waals surface area contributed by atoms with Crippen LogP contribution in [0, 0.1) is 11.8 Å². The Labute approximate surface area is 230 Å². The van der Waals surface area contributed by atoms with Gasteiger partial charge in [0.25, 0.3) is 5.91 Å². The number of nitrogens with one attached hydrogen (secondary N) is 3. The fourth-order valence-electron chi connectivity index (χ4n) is 4.80. The molecule has 2 aliphatic rings. The molecule has 2 aliphatic heterocycles. The Balaban J connectivity index is 1.94. The topological polar surface area (TPSA) is 137 Å². The van der Waals surface area contributed by atoms with Crippen LogP contribution in [0.3, 0.4) is 0 Å². The van der Waals surface area contributed by atoms with Gasteiger partial charge in [-0.25, -0.2) is 0 Å². The largest absolute Gasteiger partial charge is 0.360 e. The molecule has 0 spiro atoms. The second-order valence-corrected chi connectivity index (χ2v) is 11.1. The summed E-state index contributed by atoms with van der Waals surface area (Å²) in [4.78, 5) is 68.5. The van der Waals surface area contributed by atoms with Crippen LogP contribution < -0.4 is 16.0 Å². The van der Waals surface area contributed by atoms with Gasteiger partial charge in [-0.2, -0.15) is 0 Å². The van der Waals surface area contributed by atoms with Crippen LogP contribution in [-0.2, 0) is 35.1 Å². The van der Waals surface area contributed by atoms with Crippen molar-refractivity contribution in [2.45, 2.75) is 64.8 Å². The van der Waals surface area contributed by atoms with Gasteiger partial charge in [0.1, 0.15) is 12.1 Å². The molecule has 0 radical (unpaired) electrons. The summed E-state index contributed by atoms with van der Waals surface area (Å²) < 4.78 is 6.05. The number of ether oxygens (including phenoxy) is 1. The third kappa shape index (κ3) is 8.51. The average Bonchev–Trinajstić information content (AvgIpc) is 2.89. The number of fused-ring (bicyclic) bond motifs is 2. The maximum atomic E-state index is 13.5. The van der Waals surface area contributed by atoms with E-state index in [0.717, 1.165) is 5.56 Å². The number of benzene rings is 1. The minimum atomic E-state index is -1.03.